The van der Waals surface area contributed by atoms with Crippen molar-refractivity contribution in [1.29, 1.82) is 0 Å². The summed E-state index contributed by atoms with van der Waals surface area (Å²) < 4.78 is 1.39. The van der Waals surface area contributed by atoms with Gasteiger partial charge >= 0.3 is 0 Å². The predicted octanol–water partition coefficient (Wildman–Crippen LogP) is 3.25. The largest absolute Gasteiger partial charge is 0.364 e. The number of nitrogens with one attached hydrogen (secondary N) is 2. The molecule has 0 unspecified atom stereocenters. The summed E-state index contributed by atoms with van der Waals surface area (Å²) in [5.41, 5.74) is 7.60. The number of amides is 2. The number of nitrogens with zero attached hydrogens (tertiary/aromatic N) is 3. The van der Waals surface area contributed by atoms with Crippen LogP contribution < -0.4 is 11.1 Å². The number of imidazole rings is 2. The number of hydrogen-bond donors (Lipinski definition) is 3. The number of benzene rings is 3. The van der Waals surface area contributed by atoms with E-state index in [-0.39, 0.29) is 11.4 Å². The molecule has 0 aliphatic carbocycles. The zero-order valence-corrected chi connectivity index (χ0v) is 15.7. The standard InChI is InChI=1S/C22H16N6O2/c23-20(29)19-18(21(30)25-15-11-5-7-13-6-1-2-8-14(13)15)24-12-28(19)22-26-16-9-3-4-10-17(16)27-22/h1-12H,(H2,23,29)(H,25,30)(H,26,27). The first-order valence-electron chi connectivity index (χ1n) is 9.23. The van der Waals surface area contributed by atoms with Crippen LogP contribution in [0.4, 0.5) is 5.69 Å². The Bertz CT molecular complexity index is 1390. The highest BCUT2D eigenvalue weighted by Crippen LogP contribution is 2.24. The molecule has 30 heavy (non-hydrogen) atoms. The zero-order chi connectivity index (χ0) is 20.7. The first kappa shape index (κ1) is 17.6. The fraction of sp³-hybridized carbons (Fsp3) is 0. The molecular formula is C22H16N6O2. The van der Waals surface area contributed by atoms with Gasteiger partial charge in [0.2, 0.25) is 5.95 Å². The van der Waals surface area contributed by atoms with Crippen molar-refractivity contribution in [2.75, 3.05) is 5.32 Å². The smallest absolute Gasteiger partial charge is 0.276 e. The van der Waals surface area contributed by atoms with Gasteiger partial charge in [-0.05, 0) is 23.6 Å². The van der Waals surface area contributed by atoms with Crippen LogP contribution >= 0.6 is 0 Å². The van der Waals surface area contributed by atoms with Crippen molar-refractivity contribution in [3.8, 4) is 5.95 Å². The number of anilines is 1. The maximum atomic E-state index is 13.0. The van der Waals surface area contributed by atoms with Crippen molar-refractivity contribution < 1.29 is 9.59 Å². The molecule has 5 aromatic rings. The molecule has 0 saturated heterocycles. The number of aromatic nitrogens is 4. The summed E-state index contributed by atoms with van der Waals surface area (Å²) >= 11 is 0. The van der Waals surface area contributed by atoms with Crippen LogP contribution in [0, 0.1) is 0 Å². The lowest BCUT2D eigenvalue weighted by Gasteiger charge is -2.09. The van der Waals surface area contributed by atoms with E-state index in [0.717, 1.165) is 21.8 Å². The fourth-order valence-corrected chi connectivity index (χ4v) is 3.48. The van der Waals surface area contributed by atoms with Gasteiger partial charge in [0.1, 0.15) is 12.0 Å². The lowest BCUT2D eigenvalue weighted by atomic mass is 10.1. The summed E-state index contributed by atoms with van der Waals surface area (Å²) in [6.07, 6.45) is 1.36. The van der Waals surface area contributed by atoms with Gasteiger partial charge in [0.25, 0.3) is 11.8 Å². The van der Waals surface area contributed by atoms with Crippen LogP contribution in [-0.2, 0) is 0 Å². The van der Waals surface area contributed by atoms with Gasteiger partial charge in [-0.2, -0.15) is 0 Å². The highest BCUT2D eigenvalue weighted by molar-refractivity contribution is 6.12. The summed E-state index contributed by atoms with van der Waals surface area (Å²) in [5.74, 6) is -0.965. The van der Waals surface area contributed by atoms with Crippen molar-refractivity contribution in [2.45, 2.75) is 0 Å². The van der Waals surface area contributed by atoms with Crippen LogP contribution in [0.1, 0.15) is 21.0 Å². The number of carbonyl (C=O) groups is 2. The van der Waals surface area contributed by atoms with Gasteiger partial charge in [0, 0.05) is 11.1 Å². The Hall–Kier alpha value is -4.46. The Kier molecular flexibility index (Phi) is 4.03. The molecular weight excluding hydrogens is 380 g/mol. The number of para-hydroxylation sites is 2. The number of primary amides is 1. The van der Waals surface area contributed by atoms with Gasteiger partial charge < -0.3 is 16.0 Å². The van der Waals surface area contributed by atoms with E-state index in [1.807, 2.05) is 60.7 Å². The van der Waals surface area contributed by atoms with Crippen LogP contribution in [0.5, 0.6) is 0 Å². The van der Waals surface area contributed by atoms with Crippen LogP contribution in [0.25, 0.3) is 27.8 Å². The van der Waals surface area contributed by atoms with E-state index in [0.29, 0.717) is 11.6 Å². The van der Waals surface area contributed by atoms with Gasteiger partial charge in [-0.1, -0.05) is 48.5 Å². The molecule has 4 N–H and O–H groups in total. The van der Waals surface area contributed by atoms with E-state index in [2.05, 4.69) is 20.3 Å². The number of aromatic amines is 1. The van der Waals surface area contributed by atoms with Crippen molar-refractivity contribution in [2.24, 2.45) is 5.73 Å². The summed E-state index contributed by atoms with van der Waals surface area (Å²) in [6.45, 7) is 0. The Morgan fingerprint density at radius 3 is 2.57 bits per heavy atom. The normalized spacial score (nSPS) is 11.1. The second kappa shape index (κ2) is 6.85. The number of hydrogen-bond acceptors (Lipinski definition) is 4. The van der Waals surface area contributed by atoms with Crippen LogP contribution in [-0.4, -0.2) is 31.3 Å². The Morgan fingerprint density at radius 2 is 1.73 bits per heavy atom. The van der Waals surface area contributed by atoms with E-state index < -0.39 is 11.8 Å². The number of nitrogens with two attached hydrogens (primary N) is 1. The summed E-state index contributed by atoms with van der Waals surface area (Å²) in [5, 5.41) is 4.70. The second-order valence-electron chi connectivity index (χ2n) is 6.73. The topological polar surface area (TPSA) is 119 Å². The summed E-state index contributed by atoms with van der Waals surface area (Å²) in [7, 11) is 0. The van der Waals surface area contributed by atoms with Crippen molar-refractivity contribution in [3.05, 3.63) is 84.4 Å². The lowest BCUT2D eigenvalue weighted by Crippen LogP contribution is -2.23. The van der Waals surface area contributed by atoms with Crippen molar-refractivity contribution >= 4 is 39.3 Å². The van der Waals surface area contributed by atoms with Crippen LogP contribution in [0.15, 0.2) is 73.1 Å². The molecule has 2 aromatic heterocycles. The average Bonchev–Trinajstić information content (AvgIpc) is 3.38. The van der Waals surface area contributed by atoms with Gasteiger partial charge in [-0.25, -0.2) is 9.97 Å². The third-order valence-electron chi connectivity index (χ3n) is 4.86. The molecule has 2 heterocycles. The average molecular weight is 396 g/mol. The molecule has 2 amide bonds. The molecule has 8 heteroatoms. The summed E-state index contributed by atoms with van der Waals surface area (Å²) in [4.78, 5) is 36.9. The maximum absolute atomic E-state index is 13.0. The third kappa shape index (κ3) is 2.87. The highest BCUT2D eigenvalue weighted by Gasteiger charge is 2.24. The van der Waals surface area contributed by atoms with E-state index in [9.17, 15) is 9.59 Å². The number of H-pyrrole nitrogens is 1. The number of carbonyl (C=O) groups excluding carboxylic acids is 2. The third-order valence-corrected chi connectivity index (χ3v) is 4.86. The number of fused-ring (bicyclic) bond motifs is 2. The van der Waals surface area contributed by atoms with E-state index >= 15 is 0 Å². The molecule has 0 atom stereocenters. The highest BCUT2D eigenvalue weighted by atomic mass is 16.2. The molecule has 5 rings (SSSR count). The van der Waals surface area contributed by atoms with Crippen LogP contribution in [0.3, 0.4) is 0 Å². The van der Waals surface area contributed by atoms with Crippen molar-refractivity contribution in [3.63, 3.8) is 0 Å². The minimum absolute atomic E-state index is 0.0493. The van der Waals surface area contributed by atoms with Crippen LogP contribution in [0.2, 0.25) is 0 Å². The first-order chi connectivity index (χ1) is 14.6. The van der Waals surface area contributed by atoms with E-state index in [1.54, 1.807) is 6.07 Å². The van der Waals surface area contributed by atoms with Crippen molar-refractivity contribution in [1.82, 2.24) is 19.5 Å². The molecule has 0 fully saturated rings. The molecule has 3 aromatic carbocycles. The Morgan fingerprint density at radius 1 is 0.967 bits per heavy atom. The maximum Gasteiger partial charge on any atom is 0.276 e. The SMILES string of the molecule is NC(=O)c1c(C(=O)Nc2cccc3ccccc23)ncn1-c1nc2ccccc2[nH]1. The van der Waals surface area contributed by atoms with Gasteiger partial charge in [0.15, 0.2) is 5.69 Å². The summed E-state index contributed by atoms with van der Waals surface area (Å²) in [6, 6.07) is 20.7. The second-order valence-corrected chi connectivity index (χ2v) is 6.73. The first-order valence-corrected chi connectivity index (χ1v) is 9.23. The van der Waals surface area contributed by atoms with Gasteiger partial charge in [-0.3, -0.25) is 14.2 Å². The predicted molar refractivity (Wildman–Crippen MR) is 114 cm³/mol. The zero-order valence-electron chi connectivity index (χ0n) is 15.7. The minimum Gasteiger partial charge on any atom is -0.364 e. The molecule has 8 nitrogen and oxygen atoms in total. The molecule has 146 valence electrons. The van der Waals surface area contributed by atoms with Gasteiger partial charge in [-0.15, -0.1) is 0 Å². The Balaban J connectivity index is 1.56. The van der Waals surface area contributed by atoms with E-state index in [1.165, 1.54) is 10.9 Å². The van der Waals surface area contributed by atoms with E-state index in [4.69, 9.17) is 5.73 Å². The fourth-order valence-electron chi connectivity index (χ4n) is 3.48. The lowest BCUT2D eigenvalue weighted by molar-refractivity contribution is 0.0970. The molecule has 0 saturated carbocycles. The Labute approximate surface area is 170 Å². The molecule has 0 aliphatic rings. The minimum atomic E-state index is -0.781. The van der Waals surface area contributed by atoms with Gasteiger partial charge in [0.05, 0.1) is 11.0 Å². The molecule has 0 bridgehead atoms. The number of rotatable bonds is 4. The molecule has 0 aliphatic heterocycles. The molecule has 0 radical (unpaired) electrons. The molecule has 0 spiro atoms. The monoisotopic (exact) mass is 396 g/mol. The quantitative estimate of drug-likeness (QED) is 0.432.